The summed E-state index contributed by atoms with van der Waals surface area (Å²) in [5, 5.41) is 0. The molecule has 2 aromatic rings. The predicted molar refractivity (Wildman–Crippen MR) is 76.9 cm³/mol. The van der Waals surface area contributed by atoms with Crippen molar-refractivity contribution in [2.45, 2.75) is 23.2 Å². The lowest BCUT2D eigenvalue weighted by Crippen LogP contribution is -2.11. The highest BCUT2D eigenvalue weighted by molar-refractivity contribution is 7.91. The number of ether oxygens (including phenoxy) is 1. The third-order valence-electron chi connectivity index (χ3n) is 3.55. The van der Waals surface area contributed by atoms with Crippen molar-refractivity contribution in [2.24, 2.45) is 0 Å². The van der Waals surface area contributed by atoms with Gasteiger partial charge in [-0.2, -0.15) is 0 Å². The normalized spacial score (nSPS) is 19.8. The predicted octanol–water partition coefficient (Wildman–Crippen LogP) is 2.14. The summed E-state index contributed by atoms with van der Waals surface area (Å²) < 4.78 is 31.2. The maximum atomic E-state index is 11.9. The average molecular weight is 315 g/mol. The van der Waals surface area contributed by atoms with Crippen molar-refractivity contribution < 1.29 is 13.2 Å². The summed E-state index contributed by atoms with van der Waals surface area (Å²) in [6.07, 6.45) is 2.08. The van der Waals surface area contributed by atoms with E-state index in [1.165, 1.54) is 6.26 Å². The largest absolute Gasteiger partial charge is 0.379 e. The molecule has 0 bridgehead atoms. The van der Waals surface area contributed by atoms with Crippen molar-refractivity contribution >= 4 is 32.5 Å². The number of hydrogen-bond donors (Lipinski definition) is 0. The van der Waals surface area contributed by atoms with E-state index in [9.17, 15) is 8.42 Å². The Kier molecular flexibility index (Phi) is 3.48. The fourth-order valence-electron chi connectivity index (χ4n) is 2.67. The zero-order valence-corrected chi connectivity index (χ0v) is 12.6. The Bertz CT molecular complexity index is 748. The van der Waals surface area contributed by atoms with Gasteiger partial charge in [-0.15, -0.1) is 11.6 Å². The van der Waals surface area contributed by atoms with Crippen molar-refractivity contribution in [3.63, 3.8) is 0 Å². The number of benzene rings is 1. The van der Waals surface area contributed by atoms with Gasteiger partial charge in [-0.1, -0.05) is 6.07 Å². The Morgan fingerprint density at radius 3 is 2.90 bits per heavy atom. The van der Waals surface area contributed by atoms with Crippen molar-refractivity contribution in [3.05, 3.63) is 24.0 Å². The van der Waals surface area contributed by atoms with Crippen LogP contribution in [0.1, 0.15) is 18.3 Å². The molecule has 108 valence electrons. The third kappa shape index (κ3) is 2.21. The lowest BCUT2D eigenvalue weighted by Gasteiger charge is -2.14. The van der Waals surface area contributed by atoms with Crippen LogP contribution in [0.5, 0.6) is 0 Å². The molecule has 1 aliphatic heterocycles. The summed E-state index contributed by atoms with van der Waals surface area (Å²) in [5.74, 6) is 0.933. The minimum Gasteiger partial charge on any atom is -0.379 e. The van der Waals surface area contributed by atoms with Crippen LogP contribution in [0.25, 0.3) is 11.0 Å². The van der Waals surface area contributed by atoms with Crippen LogP contribution in [0.15, 0.2) is 23.1 Å². The summed E-state index contributed by atoms with van der Waals surface area (Å²) in [5.41, 5.74) is 1.30. The first-order chi connectivity index (χ1) is 9.52. The Labute approximate surface area is 122 Å². The Morgan fingerprint density at radius 2 is 2.30 bits per heavy atom. The second-order valence-electron chi connectivity index (χ2n) is 4.95. The maximum Gasteiger partial charge on any atom is 0.177 e. The van der Waals surface area contributed by atoms with Gasteiger partial charge in [-0.3, -0.25) is 0 Å². The minimum absolute atomic E-state index is 0.170. The molecule has 7 heteroatoms. The van der Waals surface area contributed by atoms with Crippen LogP contribution in [0.3, 0.4) is 0 Å². The van der Waals surface area contributed by atoms with E-state index in [-0.39, 0.29) is 16.8 Å². The molecule has 0 aliphatic carbocycles. The van der Waals surface area contributed by atoms with Crippen LogP contribution in [0, 0.1) is 0 Å². The Balaban J connectivity index is 2.29. The minimum atomic E-state index is -3.31. The van der Waals surface area contributed by atoms with E-state index in [1.54, 1.807) is 12.1 Å². The van der Waals surface area contributed by atoms with E-state index >= 15 is 0 Å². The number of rotatable bonds is 3. The molecule has 1 saturated heterocycles. The van der Waals surface area contributed by atoms with Gasteiger partial charge in [0.2, 0.25) is 0 Å². The zero-order chi connectivity index (χ0) is 14.3. The number of aromatic nitrogens is 2. The monoisotopic (exact) mass is 314 g/mol. The zero-order valence-electron chi connectivity index (χ0n) is 11.0. The van der Waals surface area contributed by atoms with Crippen LogP contribution >= 0.6 is 11.6 Å². The average Bonchev–Trinajstić information content (AvgIpc) is 3.02. The van der Waals surface area contributed by atoms with Crippen LogP contribution in [0.4, 0.5) is 0 Å². The Morgan fingerprint density at radius 1 is 1.50 bits per heavy atom. The number of fused-ring (bicyclic) bond motifs is 1. The van der Waals surface area contributed by atoms with Gasteiger partial charge < -0.3 is 9.30 Å². The molecule has 0 spiro atoms. The molecule has 3 rings (SSSR count). The van der Waals surface area contributed by atoms with Crippen LogP contribution < -0.4 is 0 Å². The van der Waals surface area contributed by atoms with Crippen molar-refractivity contribution in [1.82, 2.24) is 9.55 Å². The molecule has 0 N–H and O–H groups in total. The number of alkyl halides is 1. The fourth-order valence-corrected chi connectivity index (χ4v) is 3.68. The molecule has 1 aliphatic rings. The standard InChI is InChI=1S/C13H15ClN2O3S/c1-20(17,18)11-4-2-3-10-13(11)15-12(7-14)16(10)9-5-6-19-8-9/h2-4,9H,5-8H2,1H3. The van der Waals surface area contributed by atoms with E-state index in [0.29, 0.717) is 24.6 Å². The summed E-state index contributed by atoms with van der Waals surface area (Å²) in [6, 6.07) is 5.37. The third-order valence-corrected chi connectivity index (χ3v) is 4.91. The first-order valence-corrected chi connectivity index (χ1v) is 8.78. The van der Waals surface area contributed by atoms with E-state index < -0.39 is 9.84 Å². The molecule has 1 aromatic heterocycles. The van der Waals surface area contributed by atoms with Gasteiger partial charge in [0, 0.05) is 12.9 Å². The van der Waals surface area contributed by atoms with E-state index in [1.807, 2.05) is 10.6 Å². The van der Waals surface area contributed by atoms with Crippen molar-refractivity contribution in [2.75, 3.05) is 19.5 Å². The highest BCUT2D eigenvalue weighted by Gasteiger charge is 2.25. The highest BCUT2D eigenvalue weighted by Crippen LogP contribution is 2.30. The fraction of sp³-hybridized carbons (Fsp3) is 0.462. The molecule has 2 heterocycles. The van der Waals surface area contributed by atoms with E-state index in [2.05, 4.69) is 4.98 Å². The van der Waals surface area contributed by atoms with Crippen molar-refractivity contribution in [1.29, 1.82) is 0 Å². The molecule has 0 amide bonds. The second kappa shape index (κ2) is 5.02. The van der Waals surface area contributed by atoms with Gasteiger partial charge in [0.05, 0.1) is 28.9 Å². The summed E-state index contributed by atoms with van der Waals surface area (Å²) in [7, 11) is -3.31. The van der Waals surface area contributed by atoms with Crippen LogP contribution in [0.2, 0.25) is 0 Å². The molecular weight excluding hydrogens is 300 g/mol. The molecule has 0 radical (unpaired) electrons. The molecular formula is C13H15ClN2O3S. The number of imidazole rings is 1. The van der Waals surface area contributed by atoms with Gasteiger partial charge in [0.25, 0.3) is 0 Å². The molecule has 20 heavy (non-hydrogen) atoms. The summed E-state index contributed by atoms with van der Waals surface area (Å²) in [6.45, 7) is 1.32. The molecule has 1 atom stereocenters. The van der Waals surface area contributed by atoms with Gasteiger partial charge in [-0.25, -0.2) is 13.4 Å². The number of halogens is 1. The lowest BCUT2D eigenvalue weighted by atomic mass is 10.2. The maximum absolute atomic E-state index is 11.9. The van der Waals surface area contributed by atoms with E-state index in [4.69, 9.17) is 16.3 Å². The van der Waals surface area contributed by atoms with Gasteiger partial charge >= 0.3 is 0 Å². The van der Waals surface area contributed by atoms with Gasteiger partial charge in [0.1, 0.15) is 11.3 Å². The Hall–Kier alpha value is -1.11. The van der Waals surface area contributed by atoms with Crippen LogP contribution in [-0.4, -0.2) is 37.4 Å². The van der Waals surface area contributed by atoms with Gasteiger partial charge in [0.15, 0.2) is 9.84 Å². The molecule has 1 fully saturated rings. The van der Waals surface area contributed by atoms with Crippen LogP contribution in [-0.2, 0) is 20.5 Å². The second-order valence-corrected chi connectivity index (χ2v) is 7.20. The molecule has 1 unspecified atom stereocenters. The number of nitrogens with zero attached hydrogens (tertiary/aromatic N) is 2. The smallest absolute Gasteiger partial charge is 0.177 e. The molecule has 5 nitrogen and oxygen atoms in total. The summed E-state index contributed by atoms with van der Waals surface area (Å²) in [4.78, 5) is 4.69. The van der Waals surface area contributed by atoms with Crippen molar-refractivity contribution in [3.8, 4) is 0 Å². The quantitative estimate of drug-likeness (QED) is 0.814. The molecule has 1 aromatic carbocycles. The van der Waals surface area contributed by atoms with E-state index in [0.717, 1.165) is 11.9 Å². The highest BCUT2D eigenvalue weighted by atomic mass is 35.5. The lowest BCUT2D eigenvalue weighted by molar-refractivity contribution is 0.187. The van der Waals surface area contributed by atoms with Gasteiger partial charge in [-0.05, 0) is 18.6 Å². The molecule has 0 saturated carbocycles. The SMILES string of the molecule is CS(=O)(=O)c1cccc2c1nc(CCl)n2C1CCOC1. The number of sulfone groups is 1. The first-order valence-electron chi connectivity index (χ1n) is 6.36. The topological polar surface area (TPSA) is 61.2 Å². The number of hydrogen-bond acceptors (Lipinski definition) is 4. The first kappa shape index (κ1) is 13.9. The summed E-state index contributed by atoms with van der Waals surface area (Å²) >= 11 is 5.97. The number of para-hydroxylation sites is 1.